The number of alkyl carbamates (subject to hydrolysis) is 2. The number of benzene rings is 1. The monoisotopic (exact) mass is 446 g/mol. The van der Waals surface area contributed by atoms with E-state index in [0.717, 1.165) is 5.56 Å². The second-order valence-corrected chi connectivity index (χ2v) is 9.27. The van der Waals surface area contributed by atoms with Crippen molar-refractivity contribution in [2.24, 2.45) is 11.8 Å². The second kappa shape index (κ2) is 11.0. The molecule has 2 atom stereocenters. The molecule has 2 aromatic rings. The maximum absolute atomic E-state index is 12.3. The molecule has 0 saturated carbocycles. The van der Waals surface area contributed by atoms with E-state index in [-0.39, 0.29) is 30.2 Å². The zero-order chi connectivity index (χ0) is 23.9. The number of nitrogens with zero attached hydrogens (tertiary/aromatic N) is 2. The first kappa shape index (κ1) is 25.2. The molecular weight excluding hydrogens is 412 g/mol. The lowest BCUT2D eigenvalue weighted by atomic mass is 10.0. The van der Waals surface area contributed by atoms with E-state index in [1.165, 1.54) is 0 Å². The van der Waals surface area contributed by atoms with Gasteiger partial charge >= 0.3 is 12.2 Å². The van der Waals surface area contributed by atoms with Crippen LogP contribution in [0.4, 0.5) is 9.59 Å². The third-order valence-electron chi connectivity index (χ3n) is 4.48. The molecule has 0 aliphatic carbocycles. The Morgan fingerprint density at radius 3 is 1.88 bits per heavy atom. The highest BCUT2D eigenvalue weighted by atomic mass is 16.6. The molecule has 0 spiro atoms. The molecule has 1 aromatic carbocycles. The number of amides is 2. The molecule has 9 nitrogen and oxygen atoms in total. The SMILES string of the molecule is CC(C)[C@H](NC(=O)OCc1ccccc1)c1nnc([C@@H](NC(=O)OC(C)(C)C)C(C)C)o1. The number of rotatable bonds is 8. The standard InChI is InChI=1S/C23H34N4O5/c1-14(2)17(24-21(28)30-13-16-11-9-8-10-12-16)19-26-27-20(31-19)18(15(3)4)25-22(29)32-23(5,6)7/h8-12,14-15,17-18H,13H2,1-7H3,(H,24,28)(H,25,29)/t17-,18-/m0/s1. The Labute approximate surface area is 189 Å². The number of carbonyl (C=O) groups is 2. The van der Waals surface area contributed by atoms with Crippen molar-refractivity contribution < 1.29 is 23.5 Å². The van der Waals surface area contributed by atoms with Gasteiger partial charge in [-0.15, -0.1) is 10.2 Å². The van der Waals surface area contributed by atoms with Gasteiger partial charge in [0.15, 0.2) is 0 Å². The van der Waals surface area contributed by atoms with E-state index in [1.807, 2.05) is 58.0 Å². The molecule has 1 aromatic heterocycles. The Balaban J connectivity index is 2.07. The summed E-state index contributed by atoms with van der Waals surface area (Å²) in [7, 11) is 0. The maximum atomic E-state index is 12.3. The summed E-state index contributed by atoms with van der Waals surface area (Å²) in [6.07, 6.45) is -1.15. The lowest BCUT2D eigenvalue weighted by Crippen LogP contribution is -2.37. The van der Waals surface area contributed by atoms with E-state index in [1.54, 1.807) is 20.8 Å². The molecule has 176 valence electrons. The van der Waals surface area contributed by atoms with Crippen molar-refractivity contribution in [3.8, 4) is 0 Å². The van der Waals surface area contributed by atoms with Crippen molar-refractivity contribution in [1.82, 2.24) is 20.8 Å². The van der Waals surface area contributed by atoms with Crippen molar-refractivity contribution >= 4 is 12.2 Å². The van der Waals surface area contributed by atoms with Crippen LogP contribution in [0.2, 0.25) is 0 Å². The smallest absolute Gasteiger partial charge is 0.408 e. The van der Waals surface area contributed by atoms with Gasteiger partial charge in [-0.2, -0.15) is 0 Å². The summed E-state index contributed by atoms with van der Waals surface area (Å²) in [4.78, 5) is 24.6. The lowest BCUT2D eigenvalue weighted by Gasteiger charge is -2.24. The van der Waals surface area contributed by atoms with Gasteiger partial charge in [0.25, 0.3) is 0 Å². The Hall–Kier alpha value is -3.10. The van der Waals surface area contributed by atoms with Crippen LogP contribution in [0.3, 0.4) is 0 Å². The fraction of sp³-hybridized carbons (Fsp3) is 0.565. The molecule has 9 heteroatoms. The van der Waals surface area contributed by atoms with Crippen LogP contribution in [0.5, 0.6) is 0 Å². The van der Waals surface area contributed by atoms with E-state index >= 15 is 0 Å². The van der Waals surface area contributed by atoms with E-state index in [0.29, 0.717) is 0 Å². The molecule has 0 radical (unpaired) electrons. The van der Waals surface area contributed by atoms with Crippen LogP contribution in [0, 0.1) is 11.8 Å². The summed E-state index contributed by atoms with van der Waals surface area (Å²) in [5.74, 6) is 0.412. The first-order valence-electron chi connectivity index (χ1n) is 10.8. The number of nitrogens with one attached hydrogen (secondary N) is 2. The quantitative estimate of drug-likeness (QED) is 0.591. The Morgan fingerprint density at radius 1 is 0.906 bits per heavy atom. The first-order chi connectivity index (χ1) is 15.0. The van der Waals surface area contributed by atoms with E-state index in [4.69, 9.17) is 13.9 Å². The fourth-order valence-corrected chi connectivity index (χ4v) is 2.85. The van der Waals surface area contributed by atoms with Crippen LogP contribution in [0.15, 0.2) is 34.7 Å². The van der Waals surface area contributed by atoms with Gasteiger partial charge in [0.2, 0.25) is 11.8 Å². The minimum atomic E-state index is -0.627. The van der Waals surface area contributed by atoms with Crippen LogP contribution in [-0.4, -0.2) is 28.0 Å². The van der Waals surface area contributed by atoms with Gasteiger partial charge in [-0.3, -0.25) is 0 Å². The molecule has 0 bridgehead atoms. The summed E-state index contributed by atoms with van der Waals surface area (Å²) in [5, 5.41) is 13.8. The van der Waals surface area contributed by atoms with Crippen molar-refractivity contribution in [1.29, 1.82) is 0 Å². The molecular formula is C23H34N4O5. The third-order valence-corrected chi connectivity index (χ3v) is 4.48. The normalized spacial score (nSPS) is 13.5. The number of ether oxygens (including phenoxy) is 2. The number of hydrogen-bond donors (Lipinski definition) is 2. The average molecular weight is 447 g/mol. The van der Waals surface area contributed by atoms with E-state index in [9.17, 15) is 9.59 Å². The van der Waals surface area contributed by atoms with Gasteiger partial charge in [0.1, 0.15) is 24.3 Å². The number of hydrogen-bond acceptors (Lipinski definition) is 7. The number of aromatic nitrogens is 2. The molecule has 0 saturated heterocycles. The largest absolute Gasteiger partial charge is 0.445 e. The van der Waals surface area contributed by atoms with Crippen molar-refractivity contribution in [2.45, 2.75) is 72.8 Å². The van der Waals surface area contributed by atoms with Gasteiger partial charge in [0, 0.05) is 0 Å². The maximum Gasteiger partial charge on any atom is 0.408 e. The van der Waals surface area contributed by atoms with Gasteiger partial charge in [-0.25, -0.2) is 9.59 Å². The molecule has 0 aliphatic rings. The highest BCUT2D eigenvalue weighted by molar-refractivity contribution is 5.68. The molecule has 2 N–H and O–H groups in total. The van der Waals surface area contributed by atoms with Crippen molar-refractivity contribution in [3.63, 3.8) is 0 Å². The van der Waals surface area contributed by atoms with Gasteiger partial charge < -0.3 is 24.5 Å². The molecule has 0 aliphatic heterocycles. The van der Waals surface area contributed by atoms with Crippen LogP contribution in [0.25, 0.3) is 0 Å². The number of carbonyl (C=O) groups excluding carboxylic acids is 2. The summed E-state index contributed by atoms with van der Waals surface area (Å²) >= 11 is 0. The Kier molecular flexibility index (Phi) is 8.63. The molecule has 0 fully saturated rings. The lowest BCUT2D eigenvalue weighted by molar-refractivity contribution is 0.0478. The molecule has 32 heavy (non-hydrogen) atoms. The highest BCUT2D eigenvalue weighted by Crippen LogP contribution is 2.26. The summed E-state index contributed by atoms with van der Waals surface area (Å²) in [6.45, 7) is 13.2. The van der Waals surface area contributed by atoms with Gasteiger partial charge in [-0.05, 0) is 38.2 Å². The minimum absolute atomic E-state index is 0.0304. The molecule has 1 heterocycles. The molecule has 0 unspecified atom stereocenters. The Morgan fingerprint density at radius 2 is 1.41 bits per heavy atom. The molecule has 2 amide bonds. The zero-order valence-electron chi connectivity index (χ0n) is 19.8. The van der Waals surface area contributed by atoms with Crippen molar-refractivity contribution in [3.05, 3.63) is 47.7 Å². The van der Waals surface area contributed by atoms with E-state index in [2.05, 4.69) is 20.8 Å². The summed E-state index contributed by atoms with van der Waals surface area (Å²) in [5.41, 5.74) is 0.259. The van der Waals surface area contributed by atoms with Crippen LogP contribution in [-0.2, 0) is 16.1 Å². The highest BCUT2D eigenvalue weighted by Gasteiger charge is 2.30. The van der Waals surface area contributed by atoms with Crippen LogP contribution >= 0.6 is 0 Å². The van der Waals surface area contributed by atoms with Gasteiger partial charge in [-0.1, -0.05) is 58.0 Å². The predicted molar refractivity (Wildman–Crippen MR) is 119 cm³/mol. The van der Waals surface area contributed by atoms with Gasteiger partial charge in [0.05, 0.1) is 0 Å². The minimum Gasteiger partial charge on any atom is -0.445 e. The van der Waals surface area contributed by atoms with E-state index < -0.39 is 29.9 Å². The van der Waals surface area contributed by atoms with Crippen LogP contribution in [0.1, 0.15) is 77.9 Å². The third kappa shape index (κ3) is 7.86. The predicted octanol–water partition coefficient (Wildman–Crippen LogP) is 4.91. The zero-order valence-corrected chi connectivity index (χ0v) is 19.8. The average Bonchev–Trinajstić information content (AvgIpc) is 3.17. The summed E-state index contributed by atoms with van der Waals surface area (Å²) < 4.78 is 16.5. The summed E-state index contributed by atoms with van der Waals surface area (Å²) in [6, 6.07) is 8.32. The first-order valence-corrected chi connectivity index (χ1v) is 10.8. The van der Waals surface area contributed by atoms with Crippen LogP contribution < -0.4 is 10.6 Å². The second-order valence-electron chi connectivity index (χ2n) is 9.27. The Bertz CT molecular complexity index is 874. The fourth-order valence-electron chi connectivity index (χ4n) is 2.85. The van der Waals surface area contributed by atoms with Crippen molar-refractivity contribution in [2.75, 3.05) is 0 Å². The molecule has 2 rings (SSSR count). The topological polar surface area (TPSA) is 116 Å².